The molecule has 26 heavy (non-hydrogen) atoms. The first kappa shape index (κ1) is 18.0. The molecule has 0 aromatic heterocycles. The van der Waals surface area contributed by atoms with E-state index in [1.165, 1.54) is 23.1 Å². The highest BCUT2D eigenvalue weighted by Gasteiger charge is 2.21. The van der Waals surface area contributed by atoms with Crippen molar-refractivity contribution in [1.82, 2.24) is 10.2 Å². The highest BCUT2D eigenvalue weighted by Crippen LogP contribution is 2.24. The van der Waals surface area contributed by atoms with Gasteiger partial charge in [0.1, 0.15) is 11.6 Å². The molecule has 2 aromatic rings. The van der Waals surface area contributed by atoms with Gasteiger partial charge in [0.15, 0.2) is 6.61 Å². The number of benzene rings is 2. The van der Waals surface area contributed by atoms with E-state index >= 15 is 0 Å². The highest BCUT2D eigenvalue weighted by atomic mass is 35.5. The van der Waals surface area contributed by atoms with Crippen LogP contribution in [0.5, 0.6) is 5.75 Å². The maximum atomic E-state index is 13.4. The number of nitrogens with one attached hydrogen (secondary N) is 2. The third-order valence-corrected chi connectivity index (χ3v) is 4.21. The van der Waals surface area contributed by atoms with Gasteiger partial charge in [0.2, 0.25) is 0 Å². The standard InChI is InChI=1S/C18H17ClFN3O3/c19-14-3-1-2-4-15(14)22-18(25)21-7-8-23-10-12-9-13(20)5-6-16(12)26-11-17(23)24/h1-6,9H,7-8,10-11H2,(H2,21,22,25). The molecule has 136 valence electrons. The molecule has 6 nitrogen and oxygen atoms in total. The van der Waals surface area contributed by atoms with Crippen molar-refractivity contribution in [2.75, 3.05) is 25.0 Å². The third kappa shape index (κ3) is 4.43. The second-order valence-electron chi connectivity index (χ2n) is 5.72. The van der Waals surface area contributed by atoms with E-state index < -0.39 is 6.03 Å². The molecule has 0 atom stereocenters. The lowest BCUT2D eigenvalue weighted by Crippen LogP contribution is -2.40. The summed E-state index contributed by atoms with van der Waals surface area (Å²) in [6.07, 6.45) is 0. The van der Waals surface area contributed by atoms with Crippen LogP contribution in [0.15, 0.2) is 42.5 Å². The van der Waals surface area contributed by atoms with E-state index in [9.17, 15) is 14.0 Å². The summed E-state index contributed by atoms with van der Waals surface area (Å²) in [5.41, 5.74) is 1.09. The van der Waals surface area contributed by atoms with Gasteiger partial charge in [-0.15, -0.1) is 0 Å². The monoisotopic (exact) mass is 377 g/mol. The Kier molecular flexibility index (Phi) is 5.58. The first-order valence-electron chi connectivity index (χ1n) is 8.01. The minimum absolute atomic E-state index is 0.121. The Bertz CT molecular complexity index is 831. The lowest BCUT2D eigenvalue weighted by molar-refractivity contribution is -0.133. The minimum atomic E-state index is -0.428. The summed E-state index contributed by atoms with van der Waals surface area (Å²) in [7, 11) is 0. The second kappa shape index (κ2) is 8.05. The summed E-state index contributed by atoms with van der Waals surface area (Å²) in [4.78, 5) is 25.6. The molecule has 0 unspecified atom stereocenters. The number of anilines is 1. The van der Waals surface area contributed by atoms with Crippen molar-refractivity contribution in [1.29, 1.82) is 0 Å². The number of carbonyl (C=O) groups is 2. The first-order valence-corrected chi connectivity index (χ1v) is 8.39. The average Bonchev–Trinajstić information content (AvgIpc) is 2.76. The van der Waals surface area contributed by atoms with Crippen LogP contribution < -0.4 is 15.4 Å². The molecule has 0 saturated heterocycles. The zero-order chi connectivity index (χ0) is 18.5. The molecule has 1 aliphatic rings. The van der Waals surface area contributed by atoms with Gasteiger partial charge in [0, 0.05) is 25.2 Å². The fraction of sp³-hybridized carbons (Fsp3) is 0.222. The van der Waals surface area contributed by atoms with Crippen LogP contribution in [0.1, 0.15) is 5.56 Å². The van der Waals surface area contributed by atoms with E-state index in [1.807, 2.05) is 0 Å². The minimum Gasteiger partial charge on any atom is -0.483 e. The van der Waals surface area contributed by atoms with Gasteiger partial charge < -0.3 is 20.3 Å². The number of carbonyl (C=O) groups excluding carboxylic acids is 2. The summed E-state index contributed by atoms with van der Waals surface area (Å²) in [5.74, 6) is -0.125. The van der Waals surface area contributed by atoms with Gasteiger partial charge in [-0.3, -0.25) is 4.79 Å². The van der Waals surface area contributed by atoms with Gasteiger partial charge in [-0.05, 0) is 30.3 Å². The van der Waals surface area contributed by atoms with Crippen molar-refractivity contribution in [2.24, 2.45) is 0 Å². The van der Waals surface area contributed by atoms with Gasteiger partial charge in [0.25, 0.3) is 5.91 Å². The number of hydrogen-bond acceptors (Lipinski definition) is 3. The van der Waals surface area contributed by atoms with E-state index in [4.69, 9.17) is 16.3 Å². The number of rotatable bonds is 4. The van der Waals surface area contributed by atoms with E-state index in [0.717, 1.165) is 0 Å². The van der Waals surface area contributed by atoms with Crippen LogP contribution in [-0.4, -0.2) is 36.5 Å². The summed E-state index contributed by atoms with van der Waals surface area (Å²) in [6.45, 7) is 0.602. The van der Waals surface area contributed by atoms with Crippen molar-refractivity contribution >= 4 is 29.2 Å². The molecular weight excluding hydrogens is 361 g/mol. The van der Waals surface area contributed by atoms with E-state index in [1.54, 1.807) is 24.3 Å². The van der Waals surface area contributed by atoms with Crippen molar-refractivity contribution in [2.45, 2.75) is 6.54 Å². The number of hydrogen-bond donors (Lipinski definition) is 2. The topological polar surface area (TPSA) is 70.7 Å². The van der Waals surface area contributed by atoms with Gasteiger partial charge in [-0.25, -0.2) is 9.18 Å². The summed E-state index contributed by atoms with van der Waals surface area (Å²) < 4.78 is 18.8. The van der Waals surface area contributed by atoms with Gasteiger partial charge >= 0.3 is 6.03 Å². The lowest BCUT2D eigenvalue weighted by Gasteiger charge is -2.20. The number of ether oxygens (including phenoxy) is 1. The van der Waals surface area contributed by atoms with Gasteiger partial charge in [0.05, 0.1) is 10.7 Å². The Hall–Kier alpha value is -2.80. The summed E-state index contributed by atoms with van der Waals surface area (Å²) >= 11 is 5.98. The first-order chi connectivity index (χ1) is 12.5. The summed E-state index contributed by atoms with van der Waals surface area (Å²) in [6, 6.07) is 10.6. The predicted octanol–water partition coefficient (Wildman–Crippen LogP) is 3.02. The van der Waals surface area contributed by atoms with Crippen molar-refractivity contribution < 1.29 is 18.7 Å². The normalized spacial score (nSPS) is 13.5. The van der Waals surface area contributed by atoms with Crippen LogP contribution in [0.3, 0.4) is 0 Å². The highest BCUT2D eigenvalue weighted by molar-refractivity contribution is 6.33. The van der Waals surface area contributed by atoms with Crippen molar-refractivity contribution in [3.8, 4) is 5.75 Å². The second-order valence-corrected chi connectivity index (χ2v) is 6.12. The predicted molar refractivity (Wildman–Crippen MR) is 95.8 cm³/mol. The number of para-hydroxylation sites is 1. The van der Waals surface area contributed by atoms with Crippen molar-refractivity contribution in [3.05, 3.63) is 58.9 Å². The van der Waals surface area contributed by atoms with E-state index in [0.29, 0.717) is 22.0 Å². The quantitative estimate of drug-likeness (QED) is 0.860. The molecule has 0 bridgehead atoms. The number of nitrogens with zero attached hydrogens (tertiary/aromatic N) is 1. The number of halogens is 2. The van der Waals surface area contributed by atoms with Crippen LogP contribution in [0, 0.1) is 5.82 Å². The molecule has 8 heteroatoms. The molecule has 2 N–H and O–H groups in total. The van der Waals surface area contributed by atoms with Gasteiger partial charge in [-0.2, -0.15) is 0 Å². The number of fused-ring (bicyclic) bond motifs is 1. The molecule has 0 aliphatic carbocycles. The Morgan fingerprint density at radius 1 is 1.27 bits per heavy atom. The SMILES string of the molecule is O=C(NCCN1Cc2cc(F)ccc2OCC1=O)Nc1ccccc1Cl. The summed E-state index contributed by atoms with van der Waals surface area (Å²) in [5, 5.41) is 5.73. The van der Waals surface area contributed by atoms with Crippen LogP contribution in [0.2, 0.25) is 5.02 Å². The Morgan fingerprint density at radius 2 is 2.08 bits per heavy atom. The van der Waals surface area contributed by atoms with E-state index in [2.05, 4.69) is 10.6 Å². The number of urea groups is 1. The molecule has 2 aromatic carbocycles. The van der Waals surface area contributed by atoms with Gasteiger partial charge in [-0.1, -0.05) is 23.7 Å². The molecule has 0 saturated carbocycles. The molecular formula is C18H17ClFN3O3. The Labute approximate surface area is 154 Å². The largest absolute Gasteiger partial charge is 0.483 e. The van der Waals surface area contributed by atoms with Crippen LogP contribution in [0.4, 0.5) is 14.9 Å². The zero-order valence-electron chi connectivity index (χ0n) is 13.8. The fourth-order valence-corrected chi connectivity index (χ4v) is 2.76. The molecule has 3 amide bonds. The van der Waals surface area contributed by atoms with E-state index in [-0.39, 0.29) is 38.0 Å². The maximum Gasteiger partial charge on any atom is 0.319 e. The van der Waals surface area contributed by atoms with Crippen LogP contribution >= 0.6 is 11.6 Å². The smallest absolute Gasteiger partial charge is 0.319 e. The fourth-order valence-electron chi connectivity index (χ4n) is 2.57. The van der Waals surface area contributed by atoms with Crippen molar-refractivity contribution in [3.63, 3.8) is 0 Å². The maximum absolute atomic E-state index is 13.4. The molecule has 3 rings (SSSR count). The lowest BCUT2D eigenvalue weighted by atomic mass is 10.2. The zero-order valence-corrected chi connectivity index (χ0v) is 14.6. The molecule has 0 fully saturated rings. The number of amides is 3. The average molecular weight is 378 g/mol. The molecule has 1 heterocycles. The third-order valence-electron chi connectivity index (χ3n) is 3.88. The molecule has 1 aliphatic heterocycles. The molecule has 0 radical (unpaired) electrons. The Balaban J connectivity index is 1.54. The van der Waals surface area contributed by atoms with Crippen LogP contribution in [0.25, 0.3) is 0 Å². The Morgan fingerprint density at radius 3 is 2.88 bits per heavy atom. The molecule has 0 spiro atoms. The van der Waals surface area contributed by atoms with Crippen LogP contribution in [-0.2, 0) is 11.3 Å².